The van der Waals surface area contributed by atoms with Crippen LogP contribution in [0.3, 0.4) is 0 Å². The highest BCUT2D eigenvalue weighted by molar-refractivity contribution is 7.45. The molecule has 0 aromatic carbocycles. The van der Waals surface area contributed by atoms with Gasteiger partial charge < -0.3 is 13.9 Å². The summed E-state index contributed by atoms with van der Waals surface area (Å²) in [5.41, 5.74) is 0. The third-order valence-corrected chi connectivity index (χ3v) is 3.26. The second-order valence-corrected chi connectivity index (χ2v) is 4.76. The third-order valence-electron chi connectivity index (χ3n) is 2.11. The topological polar surface area (TPSA) is 67.4 Å². The molecule has 7 heteroatoms. The van der Waals surface area contributed by atoms with Crippen LogP contribution in [0.1, 0.15) is 19.7 Å². The number of hydrogen-bond acceptors (Lipinski definition) is 4. The standard InChI is InChI=1S/C6H11N2.C4H11O4P/c1-6-7(2)4-5-8(6)3;1-3-7-9(5,6)8-4-2/h4-5H,1-3H3;3-4H2,1-2H3,(H,5,6)/q+1;/p-1. The Morgan fingerprint density at radius 3 is 2.06 bits per heavy atom. The van der Waals surface area contributed by atoms with Crippen LogP contribution in [0.2, 0.25) is 0 Å². The van der Waals surface area contributed by atoms with Crippen molar-refractivity contribution < 1.29 is 23.1 Å². The Labute approximate surface area is 102 Å². The van der Waals surface area contributed by atoms with Crippen LogP contribution in [0, 0.1) is 6.92 Å². The van der Waals surface area contributed by atoms with Gasteiger partial charge in [0.25, 0.3) is 13.6 Å². The summed E-state index contributed by atoms with van der Waals surface area (Å²) < 4.78 is 23.1. The van der Waals surface area contributed by atoms with Crippen molar-refractivity contribution in [3.63, 3.8) is 0 Å². The summed E-state index contributed by atoms with van der Waals surface area (Å²) >= 11 is 0. The number of hydrogen-bond donors (Lipinski definition) is 0. The van der Waals surface area contributed by atoms with Crippen molar-refractivity contribution in [1.82, 2.24) is 4.57 Å². The molecule has 1 heterocycles. The second kappa shape index (κ2) is 7.61. The van der Waals surface area contributed by atoms with E-state index in [4.69, 9.17) is 0 Å². The van der Waals surface area contributed by atoms with Crippen LogP contribution < -0.4 is 9.46 Å². The summed E-state index contributed by atoms with van der Waals surface area (Å²) in [5.74, 6) is 1.27. The van der Waals surface area contributed by atoms with Gasteiger partial charge in [-0.05, 0) is 13.8 Å². The van der Waals surface area contributed by atoms with Gasteiger partial charge in [0.2, 0.25) is 0 Å². The smallest absolute Gasteiger partial charge is 0.267 e. The number of rotatable bonds is 4. The van der Waals surface area contributed by atoms with Crippen LogP contribution in [-0.2, 0) is 27.7 Å². The minimum atomic E-state index is -3.94. The number of phosphoric ester groups is 1. The lowest BCUT2D eigenvalue weighted by Crippen LogP contribution is -2.29. The van der Waals surface area contributed by atoms with Gasteiger partial charge in [-0.15, -0.1) is 0 Å². The van der Waals surface area contributed by atoms with Crippen LogP contribution in [0.5, 0.6) is 0 Å². The largest absolute Gasteiger partial charge is 0.756 e. The minimum absolute atomic E-state index is 0.126. The van der Waals surface area contributed by atoms with Crippen molar-refractivity contribution >= 4 is 7.82 Å². The van der Waals surface area contributed by atoms with E-state index in [1.807, 2.05) is 26.5 Å². The molecular formula is C10H21N2O4P. The number of aromatic nitrogens is 2. The lowest BCUT2D eigenvalue weighted by atomic mass is 10.7. The fourth-order valence-corrected chi connectivity index (χ4v) is 1.73. The van der Waals surface area contributed by atoms with Crippen molar-refractivity contribution in [3.8, 4) is 0 Å². The molecule has 0 aliphatic heterocycles. The van der Waals surface area contributed by atoms with Gasteiger partial charge in [-0.2, -0.15) is 0 Å². The molecule has 0 aliphatic rings. The first-order valence-electron chi connectivity index (χ1n) is 5.41. The molecule has 0 fully saturated rings. The van der Waals surface area contributed by atoms with Crippen molar-refractivity contribution in [2.75, 3.05) is 13.2 Å². The zero-order valence-electron chi connectivity index (χ0n) is 11.0. The molecule has 0 spiro atoms. The van der Waals surface area contributed by atoms with E-state index in [0.717, 1.165) is 0 Å². The first-order chi connectivity index (χ1) is 7.84. The quantitative estimate of drug-likeness (QED) is 0.592. The van der Waals surface area contributed by atoms with E-state index in [9.17, 15) is 9.46 Å². The highest BCUT2D eigenvalue weighted by atomic mass is 31.2. The molecule has 0 saturated heterocycles. The van der Waals surface area contributed by atoms with E-state index in [1.165, 1.54) is 5.82 Å². The molecule has 0 amide bonds. The number of nitrogens with zero attached hydrogens (tertiary/aromatic N) is 2. The van der Waals surface area contributed by atoms with Crippen molar-refractivity contribution in [3.05, 3.63) is 18.2 Å². The third kappa shape index (κ3) is 6.58. The molecule has 0 radical (unpaired) electrons. The Morgan fingerprint density at radius 2 is 1.88 bits per heavy atom. The van der Waals surface area contributed by atoms with E-state index in [0.29, 0.717) is 0 Å². The molecule has 17 heavy (non-hydrogen) atoms. The summed E-state index contributed by atoms with van der Waals surface area (Å²) in [5, 5.41) is 0. The minimum Gasteiger partial charge on any atom is -0.756 e. The lowest BCUT2D eigenvalue weighted by molar-refractivity contribution is -0.677. The maximum Gasteiger partial charge on any atom is 0.267 e. The molecule has 0 saturated carbocycles. The average Bonchev–Trinajstić information content (AvgIpc) is 2.50. The van der Waals surface area contributed by atoms with Gasteiger partial charge in [0.05, 0.1) is 27.3 Å². The average molecular weight is 264 g/mol. The van der Waals surface area contributed by atoms with Crippen molar-refractivity contribution in [1.29, 1.82) is 0 Å². The van der Waals surface area contributed by atoms with Crippen LogP contribution in [0.25, 0.3) is 0 Å². The maximum atomic E-state index is 10.4. The van der Waals surface area contributed by atoms with Crippen molar-refractivity contribution in [2.45, 2.75) is 20.8 Å². The van der Waals surface area contributed by atoms with E-state index in [2.05, 4.69) is 25.1 Å². The molecule has 0 bridgehead atoms. The van der Waals surface area contributed by atoms with Crippen molar-refractivity contribution in [2.24, 2.45) is 14.1 Å². The van der Waals surface area contributed by atoms with E-state index in [1.54, 1.807) is 13.8 Å². The Kier molecular flexibility index (Phi) is 7.30. The summed E-state index contributed by atoms with van der Waals surface area (Å²) in [6.07, 6.45) is 4.07. The molecule has 1 aromatic rings. The number of imidazole rings is 1. The predicted molar refractivity (Wildman–Crippen MR) is 62.2 cm³/mol. The summed E-state index contributed by atoms with van der Waals surface area (Å²) in [6, 6.07) is 0. The van der Waals surface area contributed by atoms with Gasteiger partial charge in [0.1, 0.15) is 12.4 Å². The van der Waals surface area contributed by atoms with E-state index < -0.39 is 7.82 Å². The van der Waals surface area contributed by atoms with E-state index >= 15 is 0 Å². The van der Waals surface area contributed by atoms with Crippen LogP contribution >= 0.6 is 7.82 Å². The summed E-state index contributed by atoms with van der Waals surface area (Å²) in [6.45, 7) is 5.51. The van der Waals surface area contributed by atoms with Gasteiger partial charge in [0, 0.05) is 6.92 Å². The SMILES string of the molecule is CCOP(=O)([O-])OCC.Cc1n(C)cc[n+]1C. The van der Waals surface area contributed by atoms with Crippen LogP contribution in [0.15, 0.2) is 12.4 Å². The Morgan fingerprint density at radius 1 is 1.41 bits per heavy atom. The molecule has 0 N–H and O–H groups in total. The Bertz CT molecular complexity index is 349. The highest BCUT2D eigenvalue weighted by Gasteiger charge is 2.04. The molecule has 0 aliphatic carbocycles. The van der Waals surface area contributed by atoms with Gasteiger partial charge >= 0.3 is 0 Å². The lowest BCUT2D eigenvalue weighted by Gasteiger charge is -2.20. The predicted octanol–water partition coefficient (Wildman–Crippen LogP) is 0.686. The van der Waals surface area contributed by atoms with Gasteiger partial charge in [-0.1, -0.05) is 0 Å². The molecule has 6 nitrogen and oxygen atoms in total. The second-order valence-electron chi connectivity index (χ2n) is 3.35. The molecule has 0 atom stereocenters. The van der Waals surface area contributed by atoms with Crippen LogP contribution in [0.4, 0.5) is 0 Å². The zero-order valence-corrected chi connectivity index (χ0v) is 11.9. The molecule has 1 aromatic heterocycles. The highest BCUT2D eigenvalue weighted by Crippen LogP contribution is 2.37. The number of aryl methyl sites for hydroxylation is 2. The normalized spacial score (nSPS) is 10.9. The zero-order chi connectivity index (χ0) is 13.5. The molecule has 100 valence electrons. The Hall–Kier alpha value is -0.680. The fraction of sp³-hybridized carbons (Fsp3) is 0.700. The first kappa shape index (κ1) is 16.3. The van der Waals surface area contributed by atoms with Gasteiger partial charge in [-0.25, -0.2) is 9.13 Å². The maximum absolute atomic E-state index is 10.4. The molecule has 1 rings (SSSR count). The molecular weight excluding hydrogens is 243 g/mol. The van der Waals surface area contributed by atoms with Gasteiger partial charge in [-0.3, -0.25) is 4.57 Å². The fourth-order valence-electron chi connectivity index (χ4n) is 1.02. The summed E-state index contributed by atoms with van der Waals surface area (Å²) in [7, 11) is 0.132. The monoisotopic (exact) mass is 264 g/mol. The Balaban J connectivity index is 0.000000302. The molecule has 0 unspecified atom stereocenters. The summed E-state index contributed by atoms with van der Waals surface area (Å²) in [4.78, 5) is 10.4. The first-order valence-corrected chi connectivity index (χ1v) is 6.87. The van der Waals surface area contributed by atoms with E-state index in [-0.39, 0.29) is 13.2 Å². The number of phosphoric acid groups is 1. The van der Waals surface area contributed by atoms with Gasteiger partial charge in [0.15, 0.2) is 0 Å². The van der Waals surface area contributed by atoms with Crippen LogP contribution in [-0.4, -0.2) is 17.8 Å².